The molecule has 0 saturated carbocycles. The van der Waals surface area contributed by atoms with Crippen LogP contribution >= 0.6 is 0 Å². The molecular weight excluding hydrogens is 256 g/mol. The number of hydrogen-bond donors (Lipinski definition) is 2. The zero-order chi connectivity index (χ0) is 13.3. The Morgan fingerprint density at radius 3 is 2.67 bits per heavy atom. The Labute approximate surface area is 104 Å². The largest absolute Gasteiger partial charge is 0.381 e. The van der Waals surface area contributed by atoms with Crippen molar-refractivity contribution in [2.24, 2.45) is 14.1 Å². The van der Waals surface area contributed by atoms with Crippen LogP contribution in [-0.2, 0) is 30.7 Å². The third-order valence-electron chi connectivity index (χ3n) is 2.38. The van der Waals surface area contributed by atoms with Gasteiger partial charge in [0.15, 0.2) is 10.8 Å². The van der Waals surface area contributed by atoms with Crippen molar-refractivity contribution >= 4 is 15.8 Å². The molecule has 0 radical (unpaired) electrons. The molecule has 9 heteroatoms. The predicted octanol–water partition coefficient (Wildman–Crippen LogP) is -0.786. The van der Waals surface area contributed by atoms with Gasteiger partial charge in [0, 0.05) is 20.3 Å². The Morgan fingerprint density at radius 2 is 2.17 bits per heavy atom. The fourth-order valence-electron chi connectivity index (χ4n) is 1.56. The number of imidazole rings is 1. The summed E-state index contributed by atoms with van der Waals surface area (Å²) in [5, 5.41) is 4.03. The van der Waals surface area contributed by atoms with Crippen molar-refractivity contribution in [3.63, 3.8) is 0 Å². The molecule has 0 aliphatic carbocycles. The Balaban J connectivity index is 2.18. The quantitative estimate of drug-likeness (QED) is 0.757. The van der Waals surface area contributed by atoms with Crippen LogP contribution in [0.25, 0.3) is 0 Å². The topological polar surface area (TPSA) is 108 Å². The van der Waals surface area contributed by atoms with E-state index < -0.39 is 10.0 Å². The molecule has 0 aliphatic heterocycles. The second-order valence-corrected chi connectivity index (χ2v) is 5.53. The molecule has 0 fully saturated rings. The molecule has 8 nitrogen and oxygen atoms in total. The second kappa shape index (κ2) is 4.42. The number of hydrogen-bond acceptors (Lipinski definition) is 5. The number of anilines is 1. The van der Waals surface area contributed by atoms with E-state index in [1.54, 1.807) is 31.0 Å². The molecule has 98 valence electrons. The number of rotatable bonds is 4. The first-order chi connectivity index (χ1) is 8.40. The Hall–Kier alpha value is -1.87. The van der Waals surface area contributed by atoms with Crippen LogP contribution in [0, 0.1) is 0 Å². The smallest absolute Gasteiger partial charge is 0.260 e. The minimum atomic E-state index is -3.69. The van der Waals surface area contributed by atoms with Crippen molar-refractivity contribution in [1.82, 2.24) is 24.1 Å². The summed E-state index contributed by atoms with van der Waals surface area (Å²) in [6, 6.07) is 1.73. The summed E-state index contributed by atoms with van der Waals surface area (Å²) in [5.41, 5.74) is 6.16. The molecule has 0 amide bonds. The minimum absolute atomic E-state index is 0.0222. The monoisotopic (exact) mass is 270 g/mol. The molecule has 3 N–H and O–H groups in total. The van der Waals surface area contributed by atoms with E-state index in [1.165, 1.54) is 10.9 Å². The van der Waals surface area contributed by atoms with Crippen molar-refractivity contribution in [2.75, 3.05) is 5.73 Å². The average molecular weight is 270 g/mol. The standard InChI is InChI=1S/C9H14N6O2S/c1-14-6-11-8(10)9(14)18(16,17)12-5-7-3-4-15(2)13-7/h3-4,6,12H,5,10H2,1-2H3. The van der Waals surface area contributed by atoms with Crippen LogP contribution in [0.3, 0.4) is 0 Å². The van der Waals surface area contributed by atoms with Gasteiger partial charge in [-0.05, 0) is 6.07 Å². The highest BCUT2D eigenvalue weighted by Crippen LogP contribution is 2.15. The van der Waals surface area contributed by atoms with Gasteiger partial charge in [-0.3, -0.25) is 4.68 Å². The average Bonchev–Trinajstić information content (AvgIpc) is 2.83. The number of sulfonamides is 1. The molecule has 2 rings (SSSR count). The number of aryl methyl sites for hydroxylation is 2. The van der Waals surface area contributed by atoms with E-state index in [9.17, 15) is 8.42 Å². The zero-order valence-electron chi connectivity index (χ0n) is 10.0. The van der Waals surface area contributed by atoms with Crippen molar-refractivity contribution in [3.8, 4) is 0 Å². The van der Waals surface area contributed by atoms with E-state index in [-0.39, 0.29) is 17.4 Å². The first-order valence-electron chi connectivity index (χ1n) is 5.15. The molecule has 0 aliphatic rings. The minimum Gasteiger partial charge on any atom is -0.381 e. The molecule has 0 aromatic carbocycles. The fourth-order valence-corrected chi connectivity index (χ4v) is 2.79. The number of aromatic nitrogens is 4. The van der Waals surface area contributed by atoms with Crippen LogP contribution in [0.15, 0.2) is 23.6 Å². The van der Waals surface area contributed by atoms with E-state index in [1.807, 2.05) is 0 Å². The summed E-state index contributed by atoms with van der Waals surface area (Å²) in [6.45, 7) is 0.105. The molecule has 0 spiro atoms. The van der Waals surface area contributed by atoms with Crippen molar-refractivity contribution in [2.45, 2.75) is 11.6 Å². The molecule has 18 heavy (non-hydrogen) atoms. The van der Waals surface area contributed by atoms with Gasteiger partial charge >= 0.3 is 0 Å². The summed E-state index contributed by atoms with van der Waals surface area (Å²) in [4.78, 5) is 3.74. The first kappa shape index (κ1) is 12.6. The van der Waals surface area contributed by atoms with Crippen LogP contribution in [0.4, 0.5) is 5.82 Å². The molecule has 0 bridgehead atoms. The lowest BCUT2D eigenvalue weighted by molar-refractivity contribution is 0.570. The van der Waals surface area contributed by atoms with Crippen LogP contribution in [-0.4, -0.2) is 27.7 Å². The third kappa shape index (κ3) is 2.36. The highest BCUT2D eigenvalue weighted by Gasteiger charge is 2.22. The Bertz CT molecular complexity index is 637. The maximum atomic E-state index is 12.0. The molecule has 2 aromatic rings. The lowest BCUT2D eigenvalue weighted by atomic mass is 10.4. The first-order valence-corrected chi connectivity index (χ1v) is 6.63. The molecule has 0 unspecified atom stereocenters. The van der Waals surface area contributed by atoms with E-state index in [0.29, 0.717) is 5.69 Å². The molecule has 0 atom stereocenters. The molecule has 2 aromatic heterocycles. The van der Waals surface area contributed by atoms with Crippen LogP contribution in [0.2, 0.25) is 0 Å². The lowest BCUT2D eigenvalue weighted by Crippen LogP contribution is -2.26. The van der Waals surface area contributed by atoms with Crippen molar-refractivity contribution < 1.29 is 8.42 Å². The van der Waals surface area contributed by atoms with E-state index >= 15 is 0 Å². The maximum absolute atomic E-state index is 12.0. The maximum Gasteiger partial charge on any atom is 0.260 e. The summed E-state index contributed by atoms with van der Waals surface area (Å²) < 4.78 is 29.4. The van der Waals surface area contributed by atoms with Gasteiger partial charge in [0.05, 0.1) is 18.6 Å². The molecule has 0 saturated heterocycles. The lowest BCUT2D eigenvalue weighted by Gasteiger charge is -2.06. The highest BCUT2D eigenvalue weighted by molar-refractivity contribution is 7.89. The molecular formula is C9H14N6O2S. The number of nitrogens with zero attached hydrogens (tertiary/aromatic N) is 4. The zero-order valence-corrected chi connectivity index (χ0v) is 10.8. The number of nitrogens with two attached hydrogens (primary N) is 1. The summed E-state index contributed by atoms with van der Waals surface area (Å²) >= 11 is 0. The SMILES string of the molecule is Cn1ccc(CNS(=O)(=O)c2c(N)ncn2C)n1. The van der Waals surface area contributed by atoms with Gasteiger partial charge in [-0.1, -0.05) is 0 Å². The number of nitrogen functional groups attached to an aromatic ring is 1. The summed E-state index contributed by atoms with van der Waals surface area (Å²) in [6.07, 6.45) is 3.09. The fraction of sp³-hybridized carbons (Fsp3) is 0.333. The van der Waals surface area contributed by atoms with Gasteiger partial charge in [-0.2, -0.15) is 5.10 Å². The molecule has 2 heterocycles. The van der Waals surface area contributed by atoms with Gasteiger partial charge in [-0.15, -0.1) is 0 Å². The summed E-state index contributed by atoms with van der Waals surface area (Å²) in [7, 11) is -0.362. The van der Waals surface area contributed by atoms with Gasteiger partial charge in [0.1, 0.15) is 0 Å². The third-order valence-corrected chi connectivity index (χ3v) is 3.91. The van der Waals surface area contributed by atoms with Gasteiger partial charge in [-0.25, -0.2) is 18.1 Å². The van der Waals surface area contributed by atoms with Crippen molar-refractivity contribution in [1.29, 1.82) is 0 Å². The predicted molar refractivity (Wildman–Crippen MR) is 64.9 cm³/mol. The second-order valence-electron chi connectivity index (χ2n) is 3.85. The Kier molecular flexibility index (Phi) is 3.09. The number of nitrogens with one attached hydrogen (secondary N) is 1. The van der Waals surface area contributed by atoms with Crippen LogP contribution in [0.5, 0.6) is 0 Å². The highest BCUT2D eigenvalue weighted by atomic mass is 32.2. The normalized spacial score (nSPS) is 11.9. The van der Waals surface area contributed by atoms with Crippen LogP contribution in [0.1, 0.15) is 5.69 Å². The van der Waals surface area contributed by atoms with Gasteiger partial charge in [0.2, 0.25) is 0 Å². The van der Waals surface area contributed by atoms with Crippen molar-refractivity contribution in [3.05, 3.63) is 24.3 Å². The van der Waals surface area contributed by atoms with E-state index in [4.69, 9.17) is 5.73 Å². The van der Waals surface area contributed by atoms with E-state index in [2.05, 4.69) is 14.8 Å². The Morgan fingerprint density at radius 1 is 1.44 bits per heavy atom. The van der Waals surface area contributed by atoms with Gasteiger partial charge < -0.3 is 10.3 Å². The van der Waals surface area contributed by atoms with E-state index in [0.717, 1.165) is 0 Å². The van der Waals surface area contributed by atoms with Crippen LogP contribution < -0.4 is 10.5 Å². The van der Waals surface area contributed by atoms with Gasteiger partial charge in [0.25, 0.3) is 10.0 Å². The summed E-state index contributed by atoms with van der Waals surface area (Å²) in [5.74, 6) is -0.0222.